The molecule has 1 aliphatic rings. The average molecular weight is 226 g/mol. The Bertz CT molecular complexity index is 232. The molecule has 94 valence electrons. The van der Waals surface area contributed by atoms with Crippen molar-refractivity contribution in [3.63, 3.8) is 0 Å². The van der Waals surface area contributed by atoms with Gasteiger partial charge in [0, 0.05) is 12.1 Å². The smallest absolute Gasteiger partial charge is 0.240 e. The monoisotopic (exact) mass is 226 g/mol. The Morgan fingerprint density at radius 2 is 1.88 bits per heavy atom. The van der Waals surface area contributed by atoms with E-state index in [-0.39, 0.29) is 17.9 Å². The van der Waals surface area contributed by atoms with Crippen molar-refractivity contribution in [3.8, 4) is 0 Å². The summed E-state index contributed by atoms with van der Waals surface area (Å²) in [5.41, 5.74) is 6.04. The quantitative estimate of drug-likeness (QED) is 0.801. The zero-order valence-corrected chi connectivity index (χ0v) is 11.1. The summed E-state index contributed by atoms with van der Waals surface area (Å²) in [6.07, 6.45) is 4.42. The molecule has 1 heterocycles. The predicted octanol–water partition coefficient (Wildman–Crippen LogP) is 2.15. The lowest BCUT2D eigenvalue weighted by atomic mass is 9.93. The fraction of sp³-hybridized carbons (Fsp3) is 0.923. The van der Waals surface area contributed by atoms with Crippen LogP contribution in [0.2, 0.25) is 0 Å². The maximum absolute atomic E-state index is 12.3. The summed E-state index contributed by atoms with van der Waals surface area (Å²) < 4.78 is 0. The van der Waals surface area contributed by atoms with Gasteiger partial charge in [-0.05, 0) is 39.0 Å². The van der Waals surface area contributed by atoms with Gasteiger partial charge in [0.2, 0.25) is 5.91 Å². The first-order chi connectivity index (χ1) is 7.49. The minimum Gasteiger partial charge on any atom is -0.336 e. The molecule has 0 aromatic heterocycles. The van der Waals surface area contributed by atoms with Gasteiger partial charge in [0.15, 0.2) is 0 Å². The number of piperidine rings is 1. The van der Waals surface area contributed by atoms with E-state index in [1.54, 1.807) is 0 Å². The third-order valence-corrected chi connectivity index (χ3v) is 3.99. The third kappa shape index (κ3) is 2.76. The van der Waals surface area contributed by atoms with E-state index in [4.69, 9.17) is 5.73 Å². The van der Waals surface area contributed by atoms with E-state index in [9.17, 15) is 4.79 Å². The van der Waals surface area contributed by atoms with Gasteiger partial charge in [-0.15, -0.1) is 0 Å². The number of carbonyl (C=O) groups excluding carboxylic acids is 1. The van der Waals surface area contributed by atoms with Crippen LogP contribution in [0.3, 0.4) is 0 Å². The molecule has 1 fully saturated rings. The van der Waals surface area contributed by atoms with Crippen LogP contribution in [0.5, 0.6) is 0 Å². The highest BCUT2D eigenvalue weighted by Crippen LogP contribution is 2.24. The average Bonchev–Trinajstić information content (AvgIpc) is 2.26. The summed E-state index contributed by atoms with van der Waals surface area (Å²) in [6.45, 7) is 8.41. The van der Waals surface area contributed by atoms with Crippen molar-refractivity contribution in [2.75, 3.05) is 0 Å². The molecule has 0 saturated carbocycles. The first kappa shape index (κ1) is 13.5. The molecule has 3 nitrogen and oxygen atoms in total. The van der Waals surface area contributed by atoms with Crippen molar-refractivity contribution in [2.24, 2.45) is 11.7 Å². The molecule has 1 aliphatic heterocycles. The summed E-state index contributed by atoms with van der Waals surface area (Å²) in [5.74, 6) is 0.419. The second kappa shape index (κ2) is 5.67. The van der Waals surface area contributed by atoms with Crippen LogP contribution in [0.1, 0.15) is 53.4 Å². The largest absolute Gasteiger partial charge is 0.336 e. The van der Waals surface area contributed by atoms with Crippen LogP contribution in [0.15, 0.2) is 0 Å². The molecule has 0 aromatic rings. The first-order valence-corrected chi connectivity index (χ1v) is 6.56. The number of likely N-dealkylation sites (tertiary alicyclic amines) is 1. The van der Waals surface area contributed by atoms with Crippen LogP contribution >= 0.6 is 0 Å². The van der Waals surface area contributed by atoms with Gasteiger partial charge >= 0.3 is 0 Å². The molecule has 1 amide bonds. The number of hydrogen-bond donors (Lipinski definition) is 1. The Balaban J connectivity index is 2.70. The van der Waals surface area contributed by atoms with Crippen LogP contribution in [0, 0.1) is 5.92 Å². The zero-order chi connectivity index (χ0) is 12.3. The van der Waals surface area contributed by atoms with Gasteiger partial charge in [0.25, 0.3) is 0 Å². The number of hydrogen-bond acceptors (Lipinski definition) is 2. The molecule has 2 N–H and O–H groups in total. The molecule has 0 unspecified atom stereocenters. The lowest BCUT2D eigenvalue weighted by Crippen LogP contribution is -2.55. The van der Waals surface area contributed by atoms with Crippen molar-refractivity contribution in [3.05, 3.63) is 0 Å². The molecular weight excluding hydrogens is 200 g/mol. The number of rotatable bonds is 3. The third-order valence-electron chi connectivity index (χ3n) is 3.99. The molecule has 0 bridgehead atoms. The second-order valence-corrected chi connectivity index (χ2v) is 5.29. The molecule has 16 heavy (non-hydrogen) atoms. The molecule has 0 aliphatic carbocycles. The van der Waals surface area contributed by atoms with Crippen LogP contribution in [0.25, 0.3) is 0 Å². The Morgan fingerprint density at radius 3 is 2.31 bits per heavy atom. The number of nitrogens with zero attached hydrogens (tertiary/aromatic N) is 1. The second-order valence-electron chi connectivity index (χ2n) is 5.29. The Hall–Kier alpha value is -0.570. The summed E-state index contributed by atoms with van der Waals surface area (Å²) in [6, 6.07) is 0.380. The van der Waals surface area contributed by atoms with E-state index in [2.05, 4.69) is 27.7 Å². The zero-order valence-electron chi connectivity index (χ0n) is 11.1. The predicted molar refractivity (Wildman–Crippen MR) is 67.1 cm³/mol. The molecule has 0 spiro atoms. The Labute approximate surface area is 99.4 Å². The minimum atomic E-state index is -0.326. The Kier molecular flexibility index (Phi) is 4.78. The topological polar surface area (TPSA) is 46.3 Å². The number of carbonyl (C=O) groups is 1. The van der Waals surface area contributed by atoms with Crippen LogP contribution in [-0.4, -0.2) is 28.9 Å². The molecule has 1 saturated heterocycles. The summed E-state index contributed by atoms with van der Waals surface area (Å²) >= 11 is 0. The van der Waals surface area contributed by atoms with E-state index in [1.807, 2.05) is 4.90 Å². The van der Waals surface area contributed by atoms with Gasteiger partial charge in [0.1, 0.15) is 0 Å². The van der Waals surface area contributed by atoms with Gasteiger partial charge in [-0.2, -0.15) is 0 Å². The molecule has 3 heteroatoms. The highest BCUT2D eigenvalue weighted by molar-refractivity contribution is 5.82. The van der Waals surface area contributed by atoms with E-state index in [0.29, 0.717) is 12.1 Å². The van der Waals surface area contributed by atoms with Crippen LogP contribution in [-0.2, 0) is 4.79 Å². The molecule has 4 atom stereocenters. The van der Waals surface area contributed by atoms with Gasteiger partial charge in [-0.3, -0.25) is 4.79 Å². The summed E-state index contributed by atoms with van der Waals surface area (Å²) in [5, 5.41) is 0. The Morgan fingerprint density at radius 1 is 1.38 bits per heavy atom. The molecular formula is C13H26N2O. The first-order valence-electron chi connectivity index (χ1n) is 6.56. The SMILES string of the molecule is CC[C@H](C)[C@H](N)C(=O)N1[C@H](C)CCC[C@@H]1C. The van der Waals surface area contributed by atoms with E-state index < -0.39 is 0 Å². The molecule has 0 aromatic carbocycles. The van der Waals surface area contributed by atoms with Gasteiger partial charge in [0.05, 0.1) is 6.04 Å². The van der Waals surface area contributed by atoms with Gasteiger partial charge in [-0.1, -0.05) is 20.3 Å². The van der Waals surface area contributed by atoms with Crippen molar-refractivity contribution < 1.29 is 4.79 Å². The van der Waals surface area contributed by atoms with E-state index in [0.717, 1.165) is 19.3 Å². The normalized spacial score (nSPS) is 29.9. The fourth-order valence-corrected chi connectivity index (χ4v) is 2.53. The van der Waals surface area contributed by atoms with Crippen molar-refractivity contribution in [1.29, 1.82) is 0 Å². The maximum atomic E-state index is 12.3. The highest BCUT2D eigenvalue weighted by Gasteiger charge is 2.33. The standard InChI is InChI=1S/C13H26N2O/c1-5-9(2)12(14)13(16)15-10(3)7-6-8-11(15)4/h9-12H,5-8,14H2,1-4H3/t9-,10-,11+,12-/m0/s1. The van der Waals surface area contributed by atoms with Crippen molar-refractivity contribution in [2.45, 2.75) is 71.5 Å². The lowest BCUT2D eigenvalue weighted by Gasteiger charge is -2.41. The summed E-state index contributed by atoms with van der Waals surface area (Å²) in [4.78, 5) is 14.3. The highest BCUT2D eigenvalue weighted by atomic mass is 16.2. The lowest BCUT2D eigenvalue weighted by molar-refractivity contribution is -0.139. The van der Waals surface area contributed by atoms with E-state index in [1.165, 1.54) is 6.42 Å². The molecule has 0 radical (unpaired) electrons. The fourth-order valence-electron chi connectivity index (χ4n) is 2.53. The van der Waals surface area contributed by atoms with Gasteiger partial charge in [-0.25, -0.2) is 0 Å². The minimum absolute atomic E-state index is 0.147. The van der Waals surface area contributed by atoms with Crippen LogP contribution in [0.4, 0.5) is 0 Å². The van der Waals surface area contributed by atoms with Crippen molar-refractivity contribution in [1.82, 2.24) is 4.90 Å². The summed E-state index contributed by atoms with van der Waals surface area (Å²) in [7, 11) is 0. The van der Waals surface area contributed by atoms with Gasteiger partial charge < -0.3 is 10.6 Å². The van der Waals surface area contributed by atoms with Crippen molar-refractivity contribution >= 4 is 5.91 Å². The van der Waals surface area contributed by atoms with Crippen LogP contribution < -0.4 is 5.73 Å². The van der Waals surface area contributed by atoms with E-state index >= 15 is 0 Å². The number of amides is 1. The molecule has 1 rings (SSSR count). The number of nitrogens with two attached hydrogens (primary N) is 1. The maximum Gasteiger partial charge on any atom is 0.240 e.